The molecule has 1 aromatic heterocycles. The standard InChI is InChI=1S/C9H10N2O/c1-7-3-4-9(12-2)11-8(7)5-6-10/h3-4H,5H2,1-2H3. The van der Waals surface area contributed by atoms with Crippen molar-refractivity contribution < 1.29 is 4.74 Å². The highest BCUT2D eigenvalue weighted by Crippen LogP contribution is 2.11. The highest BCUT2D eigenvalue weighted by molar-refractivity contribution is 5.26. The molecule has 0 bridgehead atoms. The fourth-order valence-corrected chi connectivity index (χ4v) is 0.918. The van der Waals surface area contributed by atoms with Gasteiger partial charge >= 0.3 is 0 Å². The van der Waals surface area contributed by atoms with Crippen LogP contribution in [0.3, 0.4) is 0 Å². The molecule has 0 radical (unpaired) electrons. The normalized spacial score (nSPS) is 9.08. The number of pyridine rings is 1. The number of aromatic nitrogens is 1. The molecule has 0 aliphatic rings. The lowest BCUT2D eigenvalue weighted by Gasteiger charge is -2.02. The Kier molecular flexibility index (Phi) is 2.65. The smallest absolute Gasteiger partial charge is 0.213 e. The Morgan fingerprint density at radius 1 is 1.58 bits per heavy atom. The summed E-state index contributed by atoms with van der Waals surface area (Å²) >= 11 is 0. The van der Waals surface area contributed by atoms with Crippen LogP contribution < -0.4 is 4.74 Å². The third-order valence-corrected chi connectivity index (χ3v) is 1.63. The summed E-state index contributed by atoms with van der Waals surface area (Å²) in [5.41, 5.74) is 1.81. The highest BCUT2D eigenvalue weighted by Gasteiger charge is 2.00. The van der Waals surface area contributed by atoms with Gasteiger partial charge < -0.3 is 4.74 Å². The Morgan fingerprint density at radius 3 is 2.92 bits per heavy atom. The predicted molar refractivity (Wildman–Crippen MR) is 44.8 cm³/mol. The topological polar surface area (TPSA) is 45.9 Å². The number of aryl methyl sites for hydroxylation is 1. The maximum atomic E-state index is 8.48. The Labute approximate surface area is 71.6 Å². The summed E-state index contributed by atoms with van der Waals surface area (Å²) in [6.45, 7) is 1.93. The van der Waals surface area contributed by atoms with Crippen molar-refractivity contribution in [1.29, 1.82) is 5.26 Å². The molecule has 0 atom stereocenters. The molecule has 3 heteroatoms. The number of hydrogen-bond acceptors (Lipinski definition) is 3. The lowest BCUT2D eigenvalue weighted by Crippen LogP contribution is -1.95. The third kappa shape index (κ3) is 1.73. The van der Waals surface area contributed by atoms with E-state index < -0.39 is 0 Å². The van der Waals surface area contributed by atoms with Gasteiger partial charge in [0.2, 0.25) is 5.88 Å². The first-order chi connectivity index (χ1) is 5.77. The Hall–Kier alpha value is -1.56. The van der Waals surface area contributed by atoms with Gasteiger partial charge in [0.05, 0.1) is 25.3 Å². The van der Waals surface area contributed by atoms with E-state index in [1.807, 2.05) is 13.0 Å². The van der Waals surface area contributed by atoms with E-state index in [-0.39, 0.29) is 0 Å². The Balaban J connectivity index is 3.01. The lowest BCUT2D eigenvalue weighted by atomic mass is 10.2. The van der Waals surface area contributed by atoms with E-state index in [1.54, 1.807) is 13.2 Å². The SMILES string of the molecule is COc1ccc(C)c(CC#N)n1. The van der Waals surface area contributed by atoms with Gasteiger partial charge in [0.1, 0.15) is 0 Å². The van der Waals surface area contributed by atoms with Crippen LogP contribution in [0.15, 0.2) is 12.1 Å². The minimum Gasteiger partial charge on any atom is -0.481 e. The third-order valence-electron chi connectivity index (χ3n) is 1.63. The first-order valence-corrected chi connectivity index (χ1v) is 3.65. The van der Waals surface area contributed by atoms with Crippen molar-refractivity contribution in [2.24, 2.45) is 0 Å². The van der Waals surface area contributed by atoms with Gasteiger partial charge in [-0.15, -0.1) is 0 Å². The molecule has 0 spiro atoms. The molecule has 1 aromatic rings. The average Bonchev–Trinajstić information content (AvgIpc) is 2.09. The molecule has 0 N–H and O–H groups in total. The van der Waals surface area contributed by atoms with Crippen molar-refractivity contribution >= 4 is 0 Å². The zero-order valence-electron chi connectivity index (χ0n) is 7.16. The summed E-state index contributed by atoms with van der Waals surface area (Å²) in [6.07, 6.45) is 0.336. The van der Waals surface area contributed by atoms with Gasteiger partial charge in [0.15, 0.2) is 0 Å². The molecule has 0 aromatic carbocycles. The monoisotopic (exact) mass is 162 g/mol. The summed E-state index contributed by atoms with van der Waals surface area (Å²) in [5, 5.41) is 8.48. The fourth-order valence-electron chi connectivity index (χ4n) is 0.918. The lowest BCUT2D eigenvalue weighted by molar-refractivity contribution is 0.396. The van der Waals surface area contributed by atoms with Crippen LogP contribution in [0.4, 0.5) is 0 Å². The van der Waals surface area contributed by atoms with Crippen LogP contribution in [0.2, 0.25) is 0 Å². The number of methoxy groups -OCH3 is 1. The second-order valence-electron chi connectivity index (χ2n) is 2.45. The molecule has 0 fully saturated rings. The van der Waals surface area contributed by atoms with Gasteiger partial charge in [0, 0.05) is 6.07 Å². The van der Waals surface area contributed by atoms with Crippen LogP contribution in [0, 0.1) is 18.3 Å². The molecule has 0 unspecified atom stereocenters. The van der Waals surface area contributed by atoms with Gasteiger partial charge in [-0.2, -0.15) is 5.26 Å². The molecule has 12 heavy (non-hydrogen) atoms. The second-order valence-corrected chi connectivity index (χ2v) is 2.45. The average molecular weight is 162 g/mol. The van der Waals surface area contributed by atoms with E-state index in [0.717, 1.165) is 11.3 Å². The van der Waals surface area contributed by atoms with Crippen molar-refractivity contribution in [2.75, 3.05) is 7.11 Å². The van der Waals surface area contributed by atoms with Gasteiger partial charge in [0.25, 0.3) is 0 Å². The molecule has 0 aliphatic carbocycles. The number of ether oxygens (including phenoxy) is 1. The van der Waals surface area contributed by atoms with E-state index in [0.29, 0.717) is 12.3 Å². The quantitative estimate of drug-likeness (QED) is 0.661. The molecule has 0 saturated heterocycles. The maximum absolute atomic E-state index is 8.48. The molecule has 0 amide bonds. The van der Waals surface area contributed by atoms with E-state index in [1.165, 1.54) is 0 Å². The molecule has 3 nitrogen and oxygen atoms in total. The first kappa shape index (κ1) is 8.54. The summed E-state index contributed by atoms with van der Waals surface area (Å²) in [5.74, 6) is 0.561. The van der Waals surface area contributed by atoms with Gasteiger partial charge in [-0.05, 0) is 12.5 Å². The van der Waals surface area contributed by atoms with Gasteiger partial charge in [-0.3, -0.25) is 0 Å². The van der Waals surface area contributed by atoms with Crippen LogP contribution in [-0.2, 0) is 6.42 Å². The van der Waals surface area contributed by atoms with Gasteiger partial charge in [-0.25, -0.2) is 4.98 Å². The Bertz CT molecular complexity index is 315. The van der Waals surface area contributed by atoms with E-state index in [9.17, 15) is 0 Å². The summed E-state index contributed by atoms with van der Waals surface area (Å²) in [4.78, 5) is 4.14. The number of hydrogen-bond donors (Lipinski definition) is 0. The largest absolute Gasteiger partial charge is 0.481 e. The summed E-state index contributed by atoms with van der Waals surface area (Å²) < 4.78 is 4.94. The zero-order valence-corrected chi connectivity index (χ0v) is 7.16. The number of rotatable bonds is 2. The Morgan fingerprint density at radius 2 is 2.33 bits per heavy atom. The van der Waals surface area contributed by atoms with E-state index in [4.69, 9.17) is 10.00 Å². The van der Waals surface area contributed by atoms with Crippen LogP contribution in [-0.4, -0.2) is 12.1 Å². The summed E-state index contributed by atoms with van der Waals surface area (Å²) in [7, 11) is 1.56. The van der Waals surface area contributed by atoms with Crippen LogP contribution in [0.5, 0.6) is 5.88 Å². The molecule has 0 aliphatic heterocycles. The first-order valence-electron chi connectivity index (χ1n) is 3.65. The van der Waals surface area contributed by atoms with Crippen LogP contribution in [0.1, 0.15) is 11.3 Å². The van der Waals surface area contributed by atoms with Crippen LogP contribution in [0.25, 0.3) is 0 Å². The van der Waals surface area contributed by atoms with Crippen molar-refractivity contribution in [2.45, 2.75) is 13.3 Å². The van der Waals surface area contributed by atoms with E-state index >= 15 is 0 Å². The molecular formula is C9H10N2O. The van der Waals surface area contributed by atoms with Crippen molar-refractivity contribution in [3.8, 4) is 11.9 Å². The van der Waals surface area contributed by atoms with Crippen molar-refractivity contribution in [1.82, 2.24) is 4.98 Å². The highest BCUT2D eigenvalue weighted by atomic mass is 16.5. The molecule has 62 valence electrons. The van der Waals surface area contributed by atoms with Crippen molar-refractivity contribution in [3.05, 3.63) is 23.4 Å². The molecule has 1 heterocycles. The zero-order chi connectivity index (χ0) is 8.97. The maximum Gasteiger partial charge on any atom is 0.213 e. The van der Waals surface area contributed by atoms with Crippen LogP contribution >= 0.6 is 0 Å². The molecule has 1 rings (SSSR count). The molecule has 0 saturated carbocycles. The van der Waals surface area contributed by atoms with Crippen molar-refractivity contribution in [3.63, 3.8) is 0 Å². The number of nitriles is 1. The van der Waals surface area contributed by atoms with E-state index in [2.05, 4.69) is 11.1 Å². The second kappa shape index (κ2) is 3.72. The predicted octanol–water partition coefficient (Wildman–Crippen LogP) is 1.46. The summed E-state index contributed by atoms with van der Waals surface area (Å²) in [6, 6.07) is 5.75. The molecular weight excluding hydrogens is 152 g/mol. The number of nitrogens with zero attached hydrogens (tertiary/aromatic N) is 2. The minimum absolute atomic E-state index is 0.336. The fraction of sp³-hybridized carbons (Fsp3) is 0.333. The minimum atomic E-state index is 0.336. The van der Waals surface area contributed by atoms with Gasteiger partial charge in [-0.1, -0.05) is 6.07 Å².